The first kappa shape index (κ1) is 16.8. The Kier molecular flexibility index (Phi) is 4.73. The molecule has 0 bridgehead atoms. The predicted octanol–water partition coefficient (Wildman–Crippen LogP) is 3.34. The van der Waals surface area contributed by atoms with Crippen LogP contribution in [0.2, 0.25) is 0 Å². The summed E-state index contributed by atoms with van der Waals surface area (Å²) in [6.07, 6.45) is 3.97. The summed E-state index contributed by atoms with van der Waals surface area (Å²) in [7, 11) is 0. The van der Waals surface area contributed by atoms with Crippen LogP contribution in [0, 0.1) is 17.2 Å². The van der Waals surface area contributed by atoms with Crippen LogP contribution in [-0.4, -0.2) is 18.5 Å². The molecule has 2 aromatic rings. The summed E-state index contributed by atoms with van der Waals surface area (Å²) in [6.45, 7) is 1.58. The Morgan fingerprint density at radius 1 is 1.15 bits per heavy atom. The van der Waals surface area contributed by atoms with E-state index in [4.69, 9.17) is 5.26 Å². The zero-order valence-electron chi connectivity index (χ0n) is 14.7. The summed E-state index contributed by atoms with van der Waals surface area (Å²) in [5.74, 6) is 1.42. The molecule has 2 aromatic carbocycles. The van der Waals surface area contributed by atoms with E-state index in [9.17, 15) is 4.79 Å². The Hall–Kier alpha value is -2.64. The van der Waals surface area contributed by atoms with Crippen molar-refractivity contribution in [2.45, 2.75) is 37.8 Å². The van der Waals surface area contributed by atoms with E-state index in [1.807, 2.05) is 24.3 Å². The highest BCUT2D eigenvalue weighted by atomic mass is 16.1. The van der Waals surface area contributed by atoms with Crippen LogP contribution in [0.1, 0.15) is 52.2 Å². The molecule has 0 radical (unpaired) electrons. The maximum Gasteiger partial charge on any atom is 0.251 e. The van der Waals surface area contributed by atoms with Crippen LogP contribution in [-0.2, 0) is 6.54 Å². The molecule has 2 fully saturated rings. The van der Waals surface area contributed by atoms with Gasteiger partial charge in [0.2, 0.25) is 0 Å². The molecule has 4 heteroatoms. The van der Waals surface area contributed by atoms with Crippen molar-refractivity contribution in [3.8, 4) is 6.07 Å². The van der Waals surface area contributed by atoms with Gasteiger partial charge in [-0.25, -0.2) is 0 Å². The Bertz CT molecular complexity index is 833. The smallest absolute Gasteiger partial charge is 0.251 e. The maximum absolute atomic E-state index is 12.3. The standard InChI is InChI=1S/C22H23N3O/c23-12-16-2-1-3-17(10-16)14-25-22(26)19-8-6-18(7-9-19)20-11-21(20)24-13-15-4-5-15/h1-3,6-10,15,20-21,24H,4-5,11,13-14H2,(H,25,26)/t20-,21+/m0/s1. The normalized spacial score (nSPS) is 21.0. The number of nitriles is 1. The topological polar surface area (TPSA) is 64.9 Å². The Labute approximate surface area is 154 Å². The summed E-state index contributed by atoms with van der Waals surface area (Å²) in [5, 5.41) is 15.5. The molecule has 2 saturated carbocycles. The number of nitrogens with zero attached hydrogens (tertiary/aromatic N) is 1. The SMILES string of the molecule is N#Cc1cccc(CNC(=O)c2ccc([C@@H]3C[C@H]3NCC3CC3)cc2)c1. The van der Waals surface area contributed by atoms with Gasteiger partial charge in [-0.3, -0.25) is 4.79 Å². The lowest BCUT2D eigenvalue weighted by Crippen LogP contribution is -2.22. The van der Waals surface area contributed by atoms with Crippen molar-refractivity contribution in [2.24, 2.45) is 5.92 Å². The molecule has 0 aromatic heterocycles. The third-order valence-electron chi connectivity index (χ3n) is 5.27. The van der Waals surface area contributed by atoms with E-state index in [0.717, 1.165) is 18.0 Å². The van der Waals surface area contributed by atoms with Crippen molar-refractivity contribution in [2.75, 3.05) is 6.54 Å². The van der Waals surface area contributed by atoms with Crippen LogP contribution in [0.3, 0.4) is 0 Å². The number of nitrogens with one attached hydrogen (secondary N) is 2. The van der Waals surface area contributed by atoms with Gasteiger partial charge in [-0.1, -0.05) is 24.3 Å². The summed E-state index contributed by atoms with van der Waals surface area (Å²) in [6, 6.07) is 18.0. The van der Waals surface area contributed by atoms with Gasteiger partial charge in [0, 0.05) is 24.1 Å². The number of hydrogen-bond acceptors (Lipinski definition) is 3. The van der Waals surface area contributed by atoms with E-state index in [0.29, 0.717) is 29.6 Å². The number of carbonyl (C=O) groups excluding carboxylic acids is 1. The molecule has 2 N–H and O–H groups in total. The second-order valence-electron chi connectivity index (χ2n) is 7.42. The predicted molar refractivity (Wildman–Crippen MR) is 101 cm³/mol. The number of benzene rings is 2. The van der Waals surface area contributed by atoms with Crippen LogP contribution < -0.4 is 10.6 Å². The summed E-state index contributed by atoms with van der Waals surface area (Å²) in [4.78, 5) is 12.3. The van der Waals surface area contributed by atoms with Gasteiger partial charge in [0.05, 0.1) is 11.6 Å². The zero-order valence-corrected chi connectivity index (χ0v) is 14.7. The molecule has 26 heavy (non-hydrogen) atoms. The van der Waals surface area contributed by atoms with Gasteiger partial charge in [-0.2, -0.15) is 5.26 Å². The highest BCUT2D eigenvalue weighted by Crippen LogP contribution is 2.41. The van der Waals surface area contributed by atoms with E-state index in [2.05, 4.69) is 28.8 Å². The average molecular weight is 345 g/mol. The second kappa shape index (κ2) is 7.31. The van der Waals surface area contributed by atoms with Crippen molar-refractivity contribution < 1.29 is 4.79 Å². The third kappa shape index (κ3) is 4.12. The van der Waals surface area contributed by atoms with Gasteiger partial charge in [0.15, 0.2) is 0 Å². The molecule has 0 heterocycles. The number of amides is 1. The molecule has 4 rings (SSSR count). The van der Waals surface area contributed by atoms with Crippen molar-refractivity contribution >= 4 is 5.91 Å². The van der Waals surface area contributed by atoms with Crippen molar-refractivity contribution in [1.82, 2.24) is 10.6 Å². The largest absolute Gasteiger partial charge is 0.348 e. The monoisotopic (exact) mass is 345 g/mol. The minimum absolute atomic E-state index is 0.0851. The minimum atomic E-state index is -0.0851. The van der Waals surface area contributed by atoms with Crippen LogP contribution in [0.25, 0.3) is 0 Å². The average Bonchev–Trinajstić information content (AvgIpc) is 3.59. The van der Waals surface area contributed by atoms with Crippen molar-refractivity contribution in [3.63, 3.8) is 0 Å². The molecular formula is C22H23N3O. The summed E-state index contributed by atoms with van der Waals surface area (Å²) >= 11 is 0. The fourth-order valence-corrected chi connectivity index (χ4v) is 3.35. The molecule has 0 aliphatic heterocycles. The molecule has 0 spiro atoms. The first-order valence-corrected chi connectivity index (χ1v) is 9.33. The van der Waals surface area contributed by atoms with Crippen molar-refractivity contribution in [1.29, 1.82) is 5.26 Å². The van der Waals surface area contributed by atoms with Crippen LogP contribution in [0.15, 0.2) is 48.5 Å². The van der Waals surface area contributed by atoms with E-state index in [1.165, 1.54) is 24.8 Å². The Morgan fingerprint density at radius 2 is 1.96 bits per heavy atom. The molecule has 132 valence electrons. The summed E-state index contributed by atoms with van der Waals surface area (Å²) in [5.41, 5.74) is 3.52. The quantitative estimate of drug-likeness (QED) is 0.809. The van der Waals surface area contributed by atoms with Gasteiger partial charge in [-0.05, 0) is 67.1 Å². The summed E-state index contributed by atoms with van der Waals surface area (Å²) < 4.78 is 0. The van der Waals surface area contributed by atoms with Crippen LogP contribution in [0.4, 0.5) is 0 Å². The molecular weight excluding hydrogens is 322 g/mol. The molecule has 2 aliphatic carbocycles. The zero-order chi connectivity index (χ0) is 17.9. The lowest BCUT2D eigenvalue weighted by molar-refractivity contribution is 0.0951. The van der Waals surface area contributed by atoms with Crippen LogP contribution >= 0.6 is 0 Å². The van der Waals surface area contributed by atoms with E-state index >= 15 is 0 Å². The van der Waals surface area contributed by atoms with Gasteiger partial charge in [-0.15, -0.1) is 0 Å². The maximum atomic E-state index is 12.3. The highest BCUT2D eigenvalue weighted by molar-refractivity contribution is 5.94. The first-order valence-electron chi connectivity index (χ1n) is 9.33. The van der Waals surface area contributed by atoms with E-state index in [-0.39, 0.29) is 5.91 Å². The Morgan fingerprint density at radius 3 is 2.69 bits per heavy atom. The molecule has 2 aliphatic rings. The lowest BCUT2D eigenvalue weighted by Gasteiger charge is -2.07. The number of carbonyl (C=O) groups is 1. The number of hydrogen-bond donors (Lipinski definition) is 2. The molecule has 0 saturated heterocycles. The highest BCUT2D eigenvalue weighted by Gasteiger charge is 2.38. The van der Waals surface area contributed by atoms with Gasteiger partial charge < -0.3 is 10.6 Å². The third-order valence-corrected chi connectivity index (χ3v) is 5.27. The van der Waals surface area contributed by atoms with Crippen LogP contribution in [0.5, 0.6) is 0 Å². The van der Waals surface area contributed by atoms with Gasteiger partial charge in [0.25, 0.3) is 5.91 Å². The minimum Gasteiger partial charge on any atom is -0.348 e. The van der Waals surface area contributed by atoms with E-state index < -0.39 is 0 Å². The molecule has 0 unspecified atom stereocenters. The fourth-order valence-electron chi connectivity index (χ4n) is 3.35. The molecule has 4 nitrogen and oxygen atoms in total. The Balaban J connectivity index is 1.29. The molecule has 2 atom stereocenters. The lowest BCUT2D eigenvalue weighted by atomic mass is 10.1. The number of rotatable bonds is 7. The van der Waals surface area contributed by atoms with Gasteiger partial charge in [0.1, 0.15) is 0 Å². The van der Waals surface area contributed by atoms with E-state index in [1.54, 1.807) is 12.1 Å². The van der Waals surface area contributed by atoms with Crippen molar-refractivity contribution in [3.05, 3.63) is 70.8 Å². The first-order chi connectivity index (χ1) is 12.7. The van der Waals surface area contributed by atoms with Gasteiger partial charge >= 0.3 is 0 Å². The second-order valence-corrected chi connectivity index (χ2v) is 7.42. The molecule has 1 amide bonds. The fraction of sp³-hybridized carbons (Fsp3) is 0.364.